The zero-order valence-electron chi connectivity index (χ0n) is 13.1. The van der Waals surface area contributed by atoms with Gasteiger partial charge in [0.2, 0.25) is 0 Å². The maximum Gasteiger partial charge on any atom is 0.318 e. The van der Waals surface area contributed by atoms with E-state index >= 15 is 0 Å². The molecule has 0 unspecified atom stereocenters. The summed E-state index contributed by atoms with van der Waals surface area (Å²) >= 11 is 0. The Labute approximate surface area is 137 Å². The molecule has 0 fully saturated rings. The quantitative estimate of drug-likeness (QED) is 0.583. The van der Waals surface area contributed by atoms with Gasteiger partial charge in [-0.1, -0.05) is 30.3 Å². The van der Waals surface area contributed by atoms with E-state index in [2.05, 4.69) is 4.98 Å². The van der Waals surface area contributed by atoms with Crippen LogP contribution in [-0.4, -0.2) is 24.1 Å². The van der Waals surface area contributed by atoms with Crippen LogP contribution in [0.1, 0.15) is 0 Å². The van der Waals surface area contributed by atoms with Crippen molar-refractivity contribution in [1.29, 1.82) is 0 Å². The topological polar surface area (TPSA) is 101 Å². The molecule has 0 aliphatic rings. The normalized spacial score (nSPS) is 10.6. The lowest BCUT2D eigenvalue weighted by molar-refractivity contribution is -0.383. The standard InChI is InChI=1S/C17H15N3O4/c1-23-13-8-11-12(9-14(13)24-2)19-16(10-6-4-3-5-7-10)17(15(11)18)20(21)22/h3-9H,1-2H3,(H2,18,19). The van der Waals surface area contributed by atoms with Crippen LogP contribution in [0.5, 0.6) is 11.5 Å². The van der Waals surface area contributed by atoms with Gasteiger partial charge in [-0.3, -0.25) is 10.1 Å². The number of pyridine rings is 1. The molecule has 0 aliphatic heterocycles. The van der Waals surface area contributed by atoms with Gasteiger partial charge >= 0.3 is 5.69 Å². The molecule has 0 radical (unpaired) electrons. The van der Waals surface area contributed by atoms with Gasteiger partial charge in [0.15, 0.2) is 17.2 Å². The number of nitrogens with two attached hydrogens (primary N) is 1. The summed E-state index contributed by atoms with van der Waals surface area (Å²) in [5, 5.41) is 12.0. The highest BCUT2D eigenvalue weighted by atomic mass is 16.6. The monoisotopic (exact) mass is 325 g/mol. The zero-order valence-corrected chi connectivity index (χ0v) is 13.1. The van der Waals surface area contributed by atoms with Gasteiger partial charge < -0.3 is 15.2 Å². The summed E-state index contributed by atoms with van der Waals surface area (Å²) in [5.41, 5.74) is 7.25. The van der Waals surface area contributed by atoms with Gasteiger partial charge in [-0.05, 0) is 6.07 Å². The van der Waals surface area contributed by atoms with E-state index in [1.54, 1.807) is 36.4 Å². The SMILES string of the molecule is COc1cc2nc(-c3ccccc3)c([N+](=O)[O-])c(N)c2cc1OC. The Kier molecular flexibility index (Phi) is 3.91. The third-order valence-electron chi connectivity index (χ3n) is 3.73. The molecule has 0 spiro atoms. The molecule has 2 N–H and O–H groups in total. The molecule has 2 aromatic carbocycles. The number of nitrogens with zero attached hydrogens (tertiary/aromatic N) is 2. The second-order valence-corrected chi connectivity index (χ2v) is 5.07. The van der Waals surface area contributed by atoms with Crippen LogP contribution in [0.2, 0.25) is 0 Å². The summed E-state index contributed by atoms with van der Waals surface area (Å²) in [6.45, 7) is 0. The highest BCUT2D eigenvalue weighted by Gasteiger charge is 2.25. The fraction of sp³-hybridized carbons (Fsp3) is 0.118. The number of methoxy groups -OCH3 is 2. The predicted octanol–water partition coefficient (Wildman–Crippen LogP) is 3.41. The molecule has 0 bridgehead atoms. The molecule has 0 saturated heterocycles. The summed E-state index contributed by atoms with van der Waals surface area (Å²) in [7, 11) is 3.00. The average molecular weight is 325 g/mol. The summed E-state index contributed by atoms with van der Waals surface area (Å²) in [6, 6.07) is 12.2. The molecule has 3 aromatic rings. The molecular formula is C17H15N3O4. The van der Waals surface area contributed by atoms with Crippen molar-refractivity contribution in [3.63, 3.8) is 0 Å². The molecule has 0 aliphatic carbocycles. The van der Waals surface area contributed by atoms with Crippen molar-refractivity contribution in [1.82, 2.24) is 4.98 Å². The van der Waals surface area contributed by atoms with Crippen molar-refractivity contribution in [3.05, 3.63) is 52.6 Å². The van der Waals surface area contributed by atoms with Crippen LogP contribution in [0.4, 0.5) is 11.4 Å². The number of nitrogen functional groups attached to an aromatic ring is 1. The second-order valence-electron chi connectivity index (χ2n) is 5.07. The Morgan fingerprint density at radius 3 is 2.29 bits per heavy atom. The van der Waals surface area contributed by atoms with Crippen molar-refractivity contribution < 1.29 is 14.4 Å². The van der Waals surface area contributed by atoms with E-state index in [9.17, 15) is 10.1 Å². The first kappa shape index (κ1) is 15.5. The molecule has 0 amide bonds. The predicted molar refractivity (Wildman–Crippen MR) is 91.3 cm³/mol. The molecular weight excluding hydrogens is 310 g/mol. The molecule has 3 rings (SSSR count). The fourth-order valence-electron chi connectivity index (χ4n) is 2.59. The highest BCUT2D eigenvalue weighted by Crippen LogP contribution is 2.41. The van der Waals surface area contributed by atoms with E-state index in [-0.39, 0.29) is 17.1 Å². The number of hydrogen-bond acceptors (Lipinski definition) is 6. The minimum atomic E-state index is -0.513. The minimum Gasteiger partial charge on any atom is -0.493 e. The minimum absolute atomic E-state index is 0.0461. The molecule has 1 aromatic heterocycles. The van der Waals surface area contributed by atoms with Crippen LogP contribution in [-0.2, 0) is 0 Å². The van der Waals surface area contributed by atoms with Crippen LogP contribution >= 0.6 is 0 Å². The maximum atomic E-state index is 11.6. The fourth-order valence-corrected chi connectivity index (χ4v) is 2.59. The van der Waals surface area contributed by atoms with Gasteiger partial charge in [-0.15, -0.1) is 0 Å². The van der Waals surface area contributed by atoms with Gasteiger partial charge in [0.05, 0.1) is 24.7 Å². The molecule has 24 heavy (non-hydrogen) atoms. The second kappa shape index (κ2) is 6.04. The van der Waals surface area contributed by atoms with Crippen molar-refractivity contribution in [2.24, 2.45) is 0 Å². The van der Waals surface area contributed by atoms with Gasteiger partial charge in [0, 0.05) is 17.0 Å². The van der Waals surface area contributed by atoms with E-state index in [4.69, 9.17) is 15.2 Å². The van der Waals surface area contributed by atoms with Crippen LogP contribution in [0.3, 0.4) is 0 Å². The van der Waals surface area contributed by atoms with E-state index in [0.717, 1.165) is 0 Å². The van der Waals surface area contributed by atoms with Gasteiger partial charge in [0.1, 0.15) is 5.69 Å². The molecule has 122 valence electrons. The van der Waals surface area contributed by atoms with Crippen molar-refractivity contribution in [3.8, 4) is 22.8 Å². The summed E-state index contributed by atoms with van der Waals surface area (Å²) in [6.07, 6.45) is 0. The number of fused-ring (bicyclic) bond motifs is 1. The van der Waals surface area contributed by atoms with Gasteiger partial charge in [-0.2, -0.15) is 0 Å². The van der Waals surface area contributed by atoms with Gasteiger partial charge in [-0.25, -0.2) is 4.98 Å². The van der Waals surface area contributed by atoms with Gasteiger partial charge in [0.25, 0.3) is 0 Å². The van der Waals surface area contributed by atoms with Crippen molar-refractivity contribution in [2.45, 2.75) is 0 Å². The summed E-state index contributed by atoms with van der Waals surface area (Å²) < 4.78 is 10.5. The van der Waals surface area contributed by atoms with Crippen LogP contribution < -0.4 is 15.2 Å². The number of rotatable bonds is 4. The van der Waals surface area contributed by atoms with Crippen LogP contribution in [0, 0.1) is 10.1 Å². The molecule has 7 nitrogen and oxygen atoms in total. The Balaban J connectivity index is 2.40. The Hall–Kier alpha value is -3.35. The lowest BCUT2D eigenvalue weighted by atomic mass is 10.0. The maximum absolute atomic E-state index is 11.6. The molecule has 7 heteroatoms. The number of benzene rings is 2. The molecule has 0 saturated carbocycles. The number of ether oxygens (including phenoxy) is 2. The van der Waals surface area contributed by atoms with Crippen molar-refractivity contribution in [2.75, 3.05) is 20.0 Å². The highest BCUT2D eigenvalue weighted by molar-refractivity contribution is 6.00. The lowest BCUT2D eigenvalue weighted by Crippen LogP contribution is -2.02. The zero-order chi connectivity index (χ0) is 17.3. The third-order valence-corrected chi connectivity index (χ3v) is 3.73. The third kappa shape index (κ3) is 2.45. The Morgan fingerprint density at radius 2 is 1.71 bits per heavy atom. The first-order chi connectivity index (χ1) is 11.6. The number of aromatic nitrogens is 1. The number of hydrogen-bond donors (Lipinski definition) is 1. The van der Waals surface area contributed by atoms with E-state index in [0.29, 0.717) is 28.0 Å². The van der Waals surface area contributed by atoms with Crippen LogP contribution in [0.15, 0.2) is 42.5 Å². The smallest absolute Gasteiger partial charge is 0.318 e. The van der Waals surface area contributed by atoms with Crippen molar-refractivity contribution >= 4 is 22.3 Å². The summed E-state index contributed by atoms with van der Waals surface area (Å²) in [5.74, 6) is 0.907. The summed E-state index contributed by atoms with van der Waals surface area (Å²) in [4.78, 5) is 15.5. The average Bonchev–Trinajstić information content (AvgIpc) is 2.60. The molecule has 1 heterocycles. The van der Waals surface area contributed by atoms with E-state index in [1.807, 2.05) is 6.07 Å². The molecule has 0 atom stereocenters. The Bertz CT molecular complexity index is 926. The number of nitro groups is 1. The van der Waals surface area contributed by atoms with E-state index < -0.39 is 4.92 Å². The largest absolute Gasteiger partial charge is 0.493 e. The first-order valence-electron chi connectivity index (χ1n) is 7.11. The van der Waals surface area contributed by atoms with Crippen LogP contribution in [0.25, 0.3) is 22.2 Å². The lowest BCUT2D eigenvalue weighted by Gasteiger charge is -2.12. The first-order valence-corrected chi connectivity index (χ1v) is 7.11. The number of anilines is 1. The Morgan fingerprint density at radius 1 is 1.08 bits per heavy atom. The van der Waals surface area contributed by atoms with E-state index in [1.165, 1.54) is 14.2 Å².